The van der Waals surface area contributed by atoms with Gasteiger partial charge in [-0.15, -0.1) is 0 Å². The van der Waals surface area contributed by atoms with Crippen LogP contribution in [0.1, 0.15) is 22.2 Å². The molecule has 0 saturated carbocycles. The van der Waals surface area contributed by atoms with Crippen molar-refractivity contribution < 1.29 is 19.1 Å². The molecular formula is C16H16N2O4. The fraction of sp³-hybridized carbons (Fsp3) is 0.188. The third-order valence-electron chi connectivity index (χ3n) is 3.03. The van der Waals surface area contributed by atoms with Crippen molar-refractivity contribution in [1.29, 1.82) is 0 Å². The highest BCUT2D eigenvalue weighted by atomic mass is 16.6. The van der Waals surface area contributed by atoms with Crippen molar-refractivity contribution in [2.24, 2.45) is 0 Å². The van der Waals surface area contributed by atoms with Crippen LogP contribution in [0.3, 0.4) is 0 Å². The largest absolute Gasteiger partial charge is 0.618 e. The molecule has 114 valence electrons. The number of aromatic nitrogens is 1. The number of likely N-dealkylation sites (N-methyl/N-ethyl adjacent to an activating group) is 1. The number of carbonyl (C=O) groups excluding carboxylic acids is 2. The van der Waals surface area contributed by atoms with Crippen molar-refractivity contribution in [3.05, 3.63) is 71.2 Å². The van der Waals surface area contributed by atoms with Gasteiger partial charge in [0.1, 0.15) is 0 Å². The van der Waals surface area contributed by atoms with Crippen LogP contribution in [0.15, 0.2) is 54.7 Å². The van der Waals surface area contributed by atoms with Gasteiger partial charge in [0.25, 0.3) is 5.91 Å². The quantitative estimate of drug-likeness (QED) is 0.485. The van der Waals surface area contributed by atoms with Crippen LogP contribution < -0.4 is 4.73 Å². The average molecular weight is 300 g/mol. The summed E-state index contributed by atoms with van der Waals surface area (Å²) in [6.07, 6.45) is 0.103. The Hall–Kier alpha value is -2.89. The van der Waals surface area contributed by atoms with Crippen LogP contribution in [0, 0.1) is 5.21 Å². The minimum atomic E-state index is -1.09. The van der Waals surface area contributed by atoms with E-state index in [0.717, 1.165) is 0 Å². The van der Waals surface area contributed by atoms with Crippen molar-refractivity contribution in [2.45, 2.75) is 6.10 Å². The smallest absolute Gasteiger partial charge is 0.406 e. The van der Waals surface area contributed by atoms with E-state index in [2.05, 4.69) is 0 Å². The van der Waals surface area contributed by atoms with Crippen LogP contribution in [0.5, 0.6) is 0 Å². The summed E-state index contributed by atoms with van der Waals surface area (Å²) in [6.45, 7) is 0. The minimum absolute atomic E-state index is 0.171. The lowest BCUT2D eigenvalue weighted by atomic mass is 10.1. The normalized spacial score (nSPS) is 11.5. The molecule has 0 N–H and O–H groups in total. The molecule has 0 aliphatic heterocycles. The van der Waals surface area contributed by atoms with E-state index in [1.807, 2.05) is 0 Å². The zero-order valence-electron chi connectivity index (χ0n) is 12.3. The van der Waals surface area contributed by atoms with Gasteiger partial charge in [0.15, 0.2) is 6.20 Å². The highest BCUT2D eigenvalue weighted by Crippen LogP contribution is 2.20. The molecule has 1 heterocycles. The van der Waals surface area contributed by atoms with E-state index >= 15 is 0 Å². The average Bonchev–Trinajstić information content (AvgIpc) is 2.53. The Morgan fingerprint density at radius 2 is 1.73 bits per heavy atom. The van der Waals surface area contributed by atoms with E-state index in [-0.39, 0.29) is 11.6 Å². The second-order valence-electron chi connectivity index (χ2n) is 4.84. The molecule has 0 aliphatic rings. The number of ether oxygens (including phenoxy) is 1. The third kappa shape index (κ3) is 3.41. The fourth-order valence-corrected chi connectivity index (χ4v) is 1.88. The van der Waals surface area contributed by atoms with E-state index < -0.39 is 12.1 Å². The number of esters is 1. The number of hydrogen-bond acceptors (Lipinski definition) is 4. The van der Waals surface area contributed by atoms with Gasteiger partial charge in [0.2, 0.25) is 6.10 Å². The maximum absolute atomic E-state index is 12.3. The molecule has 2 aromatic rings. The number of carbonyl (C=O) groups is 2. The highest BCUT2D eigenvalue weighted by molar-refractivity contribution is 5.90. The van der Waals surface area contributed by atoms with Gasteiger partial charge in [0.05, 0.1) is 0 Å². The minimum Gasteiger partial charge on any atom is -0.618 e. The first-order chi connectivity index (χ1) is 10.5. The van der Waals surface area contributed by atoms with Gasteiger partial charge >= 0.3 is 11.7 Å². The van der Waals surface area contributed by atoms with Gasteiger partial charge in [-0.05, 0) is 6.07 Å². The molecule has 0 fully saturated rings. The molecule has 0 saturated heterocycles. The van der Waals surface area contributed by atoms with Crippen LogP contribution in [0.2, 0.25) is 0 Å². The summed E-state index contributed by atoms with van der Waals surface area (Å²) >= 11 is 0. The SMILES string of the molecule is CN(C)C(=O)[C@H](OC(=O)c1cccc[n+]1[O-])c1ccccc1. The molecule has 6 nitrogen and oxygen atoms in total. The standard InChI is InChI=1S/C16H16N2O4/c1-17(2)15(19)14(12-8-4-3-5-9-12)22-16(20)13-10-6-7-11-18(13)21/h3-11,14H,1-2H3/t14-/m1/s1. The first kappa shape index (κ1) is 15.5. The lowest BCUT2D eigenvalue weighted by Crippen LogP contribution is -2.37. The Morgan fingerprint density at radius 1 is 1.09 bits per heavy atom. The Labute approximate surface area is 128 Å². The van der Waals surface area contributed by atoms with Crippen LogP contribution in [-0.2, 0) is 9.53 Å². The summed E-state index contributed by atoms with van der Waals surface area (Å²) in [6, 6.07) is 13.1. The van der Waals surface area contributed by atoms with E-state index in [1.165, 1.54) is 23.2 Å². The zero-order chi connectivity index (χ0) is 16.1. The topological polar surface area (TPSA) is 73.5 Å². The number of pyridine rings is 1. The second-order valence-corrected chi connectivity index (χ2v) is 4.84. The summed E-state index contributed by atoms with van der Waals surface area (Å²) < 4.78 is 5.68. The van der Waals surface area contributed by atoms with Gasteiger partial charge in [0, 0.05) is 31.8 Å². The number of nitrogens with zero attached hydrogens (tertiary/aromatic N) is 2. The molecule has 1 aromatic carbocycles. The van der Waals surface area contributed by atoms with Gasteiger partial charge in [-0.3, -0.25) is 4.79 Å². The maximum Gasteiger partial charge on any atom is 0.406 e. The van der Waals surface area contributed by atoms with E-state index in [1.54, 1.807) is 50.5 Å². The van der Waals surface area contributed by atoms with Crippen LogP contribution in [0.4, 0.5) is 0 Å². The van der Waals surface area contributed by atoms with Gasteiger partial charge in [-0.25, -0.2) is 4.79 Å². The summed E-state index contributed by atoms with van der Waals surface area (Å²) in [4.78, 5) is 25.8. The summed E-state index contributed by atoms with van der Waals surface area (Å²) in [7, 11) is 3.14. The van der Waals surface area contributed by atoms with Gasteiger partial charge < -0.3 is 14.8 Å². The molecule has 0 aliphatic carbocycles. The number of amides is 1. The van der Waals surface area contributed by atoms with Gasteiger partial charge in [-0.1, -0.05) is 30.3 Å². The van der Waals surface area contributed by atoms with E-state index in [4.69, 9.17) is 4.74 Å². The van der Waals surface area contributed by atoms with E-state index in [9.17, 15) is 14.8 Å². The predicted molar refractivity (Wildman–Crippen MR) is 78.7 cm³/mol. The Bertz CT molecular complexity index is 671. The maximum atomic E-state index is 12.3. The predicted octanol–water partition coefficient (Wildman–Crippen LogP) is 1.31. The first-order valence-electron chi connectivity index (χ1n) is 6.66. The first-order valence-corrected chi connectivity index (χ1v) is 6.66. The fourth-order valence-electron chi connectivity index (χ4n) is 1.88. The van der Waals surface area contributed by atoms with Crippen LogP contribution in [0.25, 0.3) is 0 Å². The van der Waals surface area contributed by atoms with Crippen molar-refractivity contribution in [3.63, 3.8) is 0 Å². The number of hydrogen-bond donors (Lipinski definition) is 0. The molecule has 6 heteroatoms. The van der Waals surface area contributed by atoms with Crippen LogP contribution >= 0.6 is 0 Å². The zero-order valence-corrected chi connectivity index (χ0v) is 12.3. The van der Waals surface area contributed by atoms with Gasteiger partial charge in [-0.2, -0.15) is 4.73 Å². The Morgan fingerprint density at radius 3 is 2.32 bits per heavy atom. The van der Waals surface area contributed by atoms with Crippen LogP contribution in [-0.4, -0.2) is 30.9 Å². The molecule has 0 unspecified atom stereocenters. The third-order valence-corrected chi connectivity index (χ3v) is 3.03. The molecule has 1 aromatic heterocycles. The molecule has 0 radical (unpaired) electrons. The Kier molecular flexibility index (Phi) is 4.73. The highest BCUT2D eigenvalue weighted by Gasteiger charge is 2.29. The molecule has 1 atom stereocenters. The second kappa shape index (κ2) is 6.71. The Balaban J connectivity index is 2.29. The number of benzene rings is 1. The molecular weight excluding hydrogens is 284 g/mol. The lowest BCUT2D eigenvalue weighted by molar-refractivity contribution is -0.608. The molecule has 1 amide bonds. The number of rotatable bonds is 4. The van der Waals surface area contributed by atoms with Crippen molar-refractivity contribution >= 4 is 11.9 Å². The van der Waals surface area contributed by atoms with E-state index in [0.29, 0.717) is 10.3 Å². The van der Waals surface area contributed by atoms with Crippen molar-refractivity contribution in [3.8, 4) is 0 Å². The molecule has 22 heavy (non-hydrogen) atoms. The van der Waals surface area contributed by atoms with Crippen molar-refractivity contribution in [1.82, 2.24) is 4.90 Å². The summed E-state index contributed by atoms with van der Waals surface area (Å²) in [5.74, 6) is -1.23. The summed E-state index contributed by atoms with van der Waals surface area (Å²) in [5, 5.41) is 11.6. The monoisotopic (exact) mass is 300 g/mol. The lowest BCUT2D eigenvalue weighted by Gasteiger charge is -2.20. The summed E-state index contributed by atoms with van der Waals surface area (Å²) in [5.41, 5.74) is 0.373. The molecule has 0 spiro atoms. The molecule has 0 bridgehead atoms. The van der Waals surface area contributed by atoms with Crippen molar-refractivity contribution in [2.75, 3.05) is 14.1 Å². The molecule has 2 rings (SSSR count).